The number of aromatic nitrogens is 4. The highest BCUT2D eigenvalue weighted by Gasteiger charge is 2.36. The topological polar surface area (TPSA) is 102 Å². The monoisotopic (exact) mass is 480 g/mol. The fourth-order valence-electron chi connectivity index (χ4n) is 3.76. The normalized spacial score (nSPS) is 18.7. The van der Waals surface area contributed by atoms with Crippen LogP contribution in [0.3, 0.4) is 0 Å². The third-order valence-corrected chi connectivity index (χ3v) is 7.04. The summed E-state index contributed by atoms with van der Waals surface area (Å²) in [5.41, 5.74) is -0.0290. The number of benzene rings is 1. The number of aryl methyl sites for hydroxylation is 2. The molecule has 0 atom stereocenters. The molecule has 0 aliphatic heterocycles. The number of sulfonamides is 1. The molecule has 8 nitrogen and oxygen atoms in total. The van der Waals surface area contributed by atoms with Gasteiger partial charge in [0.25, 0.3) is 0 Å². The molecule has 4 rings (SSSR count). The number of rotatable bonds is 6. The van der Waals surface area contributed by atoms with Gasteiger partial charge in [-0.05, 0) is 49.4 Å². The molecule has 1 fully saturated rings. The zero-order valence-corrected chi connectivity index (χ0v) is 19.0. The van der Waals surface area contributed by atoms with Crippen molar-refractivity contribution >= 4 is 21.7 Å². The predicted molar refractivity (Wildman–Crippen MR) is 116 cm³/mol. The van der Waals surface area contributed by atoms with Gasteiger partial charge in [-0.25, -0.2) is 23.1 Å². The fourth-order valence-corrected chi connectivity index (χ4v) is 5.11. The van der Waals surface area contributed by atoms with Gasteiger partial charge in [0.1, 0.15) is 5.56 Å². The molecule has 0 radical (unpaired) electrons. The van der Waals surface area contributed by atoms with Crippen molar-refractivity contribution in [1.29, 1.82) is 0 Å². The summed E-state index contributed by atoms with van der Waals surface area (Å²) in [6.45, 7) is 3.76. The van der Waals surface area contributed by atoms with Crippen molar-refractivity contribution in [1.82, 2.24) is 24.5 Å². The van der Waals surface area contributed by atoms with E-state index in [4.69, 9.17) is 0 Å². The van der Waals surface area contributed by atoms with Gasteiger partial charge < -0.3 is 5.32 Å². The summed E-state index contributed by atoms with van der Waals surface area (Å²) < 4.78 is 69.7. The molecule has 2 heterocycles. The number of anilines is 2. The van der Waals surface area contributed by atoms with E-state index in [1.54, 1.807) is 14.0 Å². The Kier molecular flexibility index (Phi) is 5.91. The van der Waals surface area contributed by atoms with Gasteiger partial charge in [0.2, 0.25) is 16.0 Å². The third-order valence-electron chi connectivity index (χ3n) is 5.52. The van der Waals surface area contributed by atoms with Crippen molar-refractivity contribution in [3.05, 3.63) is 47.9 Å². The average molecular weight is 481 g/mol. The Bertz CT molecular complexity index is 1280. The lowest BCUT2D eigenvalue weighted by molar-refractivity contribution is -0.137. The van der Waals surface area contributed by atoms with Gasteiger partial charge in [0.15, 0.2) is 0 Å². The Labute approximate surface area is 189 Å². The van der Waals surface area contributed by atoms with Crippen LogP contribution in [-0.4, -0.2) is 34.2 Å². The third kappa shape index (κ3) is 5.01. The molecular formula is C21H23F3N6O2S. The van der Waals surface area contributed by atoms with E-state index < -0.39 is 21.8 Å². The fraction of sp³-hybridized carbons (Fsp3) is 0.381. The molecule has 1 aliphatic rings. The quantitative estimate of drug-likeness (QED) is 0.553. The molecule has 1 aliphatic carbocycles. The number of halogens is 3. The van der Waals surface area contributed by atoms with Gasteiger partial charge >= 0.3 is 6.18 Å². The molecule has 0 unspecified atom stereocenters. The van der Waals surface area contributed by atoms with Crippen LogP contribution in [0.15, 0.2) is 41.7 Å². The Morgan fingerprint density at radius 2 is 1.91 bits per heavy atom. The number of alkyl halides is 3. The van der Waals surface area contributed by atoms with Crippen LogP contribution < -0.4 is 10.0 Å². The largest absolute Gasteiger partial charge is 0.419 e. The van der Waals surface area contributed by atoms with Gasteiger partial charge in [0, 0.05) is 36.7 Å². The summed E-state index contributed by atoms with van der Waals surface area (Å²) in [6, 6.07) is 4.41. The van der Waals surface area contributed by atoms with Crippen LogP contribution in [0.4, 0.5) is 24.8 Å². The molecule has 1 aromatic carbocycles. The van der Waals surface area contributed by atoms with E-state index in [2.05, 4.69) is 32.0 Å². The van der Waals surface area contributed by atoms with Crippen LogP contribution in [0, 0.1) is 12.8 Å². The smallest absolute Gasteiger partial charge is 0.324 e. The number of nitrogens with one attached hydrogen (secondary N) is 2. The highest BCUT2D eigenvalue weighted by molar-refractivity contribution is 7.89. The van der Waals surface area contributed by atoms with Crippen LogP contribution in [0.5, 0.6) is 0 Å². The van der Waals surface area contributed by atoms with Crippen molar-refractivity contribution in [2.75, 3.05) is 5.32 Å². The van der Waals surface area contributed by atoms with Crippen molar-refractivity contribution in [3.63, 3.8) is 0 Å². The lowest BCUT2D eigenvalue weighted by Gasteiger charge is -2.32. The second kappa shape index (κ2) is 8.41. The van der Waals surface area contributed by atoms with E-state index in [1.165, 1.54) is 35.3 Å². The van der Waals surface area contributed by atoms with Gasteiger partial charge in [-0.15, -0.1) is 0 Å². The molecule has 0 saturated heterocycles. The second-order valence-electron chi connectivity index (χ2n) is 8.35. The maximum atomic E-state index is 13.5. The molecule has 0 amide bonds. The SMILES string of the molecule is Cc1cc(S(=O)(=O)NC2CC(C)C2)ccc1Nc1ncc(C(F)(F)F)c(-c2cnn(C)c2)n1. The Hall–Kier alpha value is -2.99. The minimum absolute atomic E-state index is 0.0536. The van der Waals surface area contributed by atoms with E-state index in [0.717, 1.165) is 19.0 Å². The van der Waals surface area contributed by atoms with Crippen molar-refractivity contribution in [2.24, 2.45) is 13.0 Å². The lowest BCUT2D eigenvalue weighted by Crippen LogP contribution is -2.43. The summed E-state index contributed by atoms with van der Waals surface area (Å²) in [5, 5.41) is 6.80. The standard InChI is InChI=1S/C21H23F3N6O2S/c1-12-6-15(7-12)29-33(31,32)16-4-5-18(13(2)8-16)27-20-25-10-17(21(22,23)24)19(28-20)14-9-26-30(3)11-14/h4-5,8-12,15,29H,6-7H2,1-3H3,(H,25,27,28). The number of hydrogen-bond acceptors (Lipinski definition) is 6. The zero-order chi connectivity index (χ0) is 24.0. The highest BCUT2D eigenvalue weighted by Crippen LogP contribution is 2.36. The molecule has 2 N–H and O–H groups in total. The summed E-state index contributed by atoms with van der Waals surface area (Å²) in [7, 11) is -2.07. The van der Waals surface area contributed by atoms with E-state index in [-0.39, 0.29) is 28.1 Å². The molecule has 0 bridgehead atoms. The molecule has 1 saturated carbocycles. The molecule has 0 spiro atoms. The zero-order valence-electron chi connectivity index (χ0n) is 18.2. The van der Waals surface area contributed by atoms with E-state index in [9.17, 15) is 21.6 Å². The minimum atomic E-state index is -4.64. The van der Waals surface area contributed by atoms with Crippen LogP contribution in [0.1, 0.15) is 30.9 Å². The second-order valence-corrected chi connectivity index (χ2v) is 10.1. The summed E-state index contributed by atoms with van der Waals surface area (Å²) >= 11 is 0. The highest BCUT2D eigenvalue weighted by atomic mass is 32.2. The Balaban J connectivity index is 1.60. The molecule has 12 heteroatoms. The molecule has 33 heavy (non-hydrogen) atoms. The van der Waals surface area contributed by atoms with Gasteiger partial charge in [-0.1, -0.05) is 6.92 Å². The summed E-state index contributed by atoms with van der Waals surface area (Å²) in [4.78, 5) is 8.00. The van der Waals surface area contributed by atoms with Gasteiger partial charge in [-0.2, -0.15) is 18.3 Å². The molecule has 2 aromatic heterocycles. The van der Waals surface area contributed by atoms with Crippen LogP contribution in [-0.2, 0) is 23.2 Å². The maximum Gasteiger partial charge on any atom is 0.419 e. The first-order valence-electron chi connectivity index (χ1n) is 10.3. The van der Waals surface area contributed by atoms with Crippen molar-refractivity contribution < 1.29 is 21.6 Å². The van der Waals surface area contributed by atoms with E-state index in [1.807, 2.05) is 0 Å². The van der Waals surface area contributed by atoms with Crippen LogP contribution in [0.2, 0.25) is 0 Å². The molecule has 3 aromatic rings. The van der Waals surface area contributed by atoms with Crippen LogP contribution in [0.25, 0.3) is 11.3 Å². The van der Waals surface area contributed by atoms with Crippen molar-refractivity contribution in [2.45, 2.75) is 43.8 Å². The first-order chi connectivity index (χ1) is 15.4. The first kappa shape index (κ1) is 23.2. The van der Waals surface area contributed by atoms with Gasteiger partial charge in [0.05, 0.1) is 16.8 Å². The first-order valence-corrected chi connectivity index (χ1v) is 11.7. The van der Waals surface area contributed by atoms with Crippen molar-refractivity contribution in [3.8, 4) is 11.3 Å². The molecular weight excluding hydrogens is 457 g/mol. The lowest BCUT2D eigenvalue weighted by atomic mass is 9.83. The Morgan fingerprint density at radius 3 is 2.48 bits per heavy atom. The van der Waals surface area contributed by atoms with Gasteiger partial charge in [-0.3, -0.25) is 4.68 Å². The summed E-state index contributed by atoms with van der Waals surface area (Å²) in [5.74, 6) is 0.452. The summed E-state index contributed by atoms with van der Waals surface area (Å²) in [6.07, 6.45) is 0.422. The number of nitrogens with zero attached hydrogens (tertiary/aromatic N) is 4. The average Bonchev–Trinajstić information content (AvgIpc) is 3.13. The number of hydrogen-bond donors (Lipinski definition) is 2. The minimum Gasteiger partial charge on any atom is -0.324 e. The van der Waals surface area contributed by atoms with E-state index in [0.29, 0.717) is 17.2 Å². The van der Waals surface area contributed by atoms with E-state index >= 15 is 0 Å². The molecule has 176 valence electrons. The Morgan fingerprint density at radius 1 is 1.18 bits per heavy atom. The predicted octanol–water partition coefficient (Wildman–Crippen LogP) is 4.02. The maximum absolute atomic E-state index is 13.5. The van der Waals surface area contributed by atoms with Crippen LogP contribution >= 0.6 is 0 Å².